The third-order valence-electron chi connectivity index (χ3n) is 5.06. The van der Waals surface area contributed by atoms with E-state index in [1.165, 1.54) is 28.9 Å². The van der Waals surface area contributed by atoms with Gasteiger partial charge >= 0.3 is 0 Å². The van der Waals surface area contributed by atoms with Gasteiger partial charge in [0.2, 0.25) is 5.91 Å². The summed E-state index contributed by atoms with van der Waals surface area (Å²) < 4.78 is 34.1. The molecule has 0 saturated heterocycles. The van der Waals surface area contributed by atoms with Crippen molar-refractivity contribution in [1.29, 1.82) is 0 Å². The van der Waals surface area contributed by atoms with E-state index in [0.29, 0.717) is 36.8 Å². The van der Waals surface area contributed by atoms with Gasteiger partial charge < -0.3 is 10.5 Å². The summed E-state index contributed by atoms with van der Waals surface area (Å²) in [7, 11) is 0. The first-order chi connectivity index (χ1) is 13.5. The molecule has 5 nitrogen and oxygen atoms in total. The van der Waals surface area contributed by atoms with Crippen LogP contribution in [0.1, 0.15) is 24.8 Å². The summed E-state index contributed by atoms with van der Waals surface area (Å²) in [5, 5.41) is 6.35. The number of hydrazone groups is 1. The van der Waals surface area contributed by atoms with E-state index in [0.717, 1.165) is 11.6 Å². The quantitative estimate of drug-likeness (QED) is 0.831. The van der Waals surface area contributed by atoms with E-state index in [4.69, 9.17) is 10.5 Å². The molecule has 1 aromatic carbocycles. The molecule has 1 spiro atoms. The number of amides is 1. The Morgan fingerprint density at radius 1 is 1.43 bits per heavy atom. The van der Waals surface area contributed by atoms with Gasteiger partial charge in [0.05, 0.1) is 12.5 Å². The molecule has 1 aromatic rings. The fourth-order valence-electron chi connectivity index (χ4n) is 3.67. The van der Waals surface area contributed by atoms with Crippen LogP contribution in [0.5, 0.6) is 5.75 Å². The van der Waals surface area contributed by atoms with Crippen molar-refractivity contribution in [1.82, 2.24) is 5.01 Å². The van der Waals surface area contributed by atoms with Gasteiger partial charge in [0.25, 0.3) is 0 Å². The summed E-state index contributed by atoms with van der Waals surface area (Å²) in [6.45, 7) is 0.797. The minimum atomic E-state index is -1.39. The number of hydrogen-bond acceptors (Lipinski definition) is 5. The summed E-state index contributed by atoms with van der Waals surface area (Å²) >= 11 is 1.32. The second-order valence-corrected chi connectivity index (χ2v) is 8.20. The summed E-state index contributed by atoms with van der Waals surface area (Å²) in [5.74, 6) is -0.863. The van der Waals surface area contributed by atoms with Crippen LogP contribution >= 0.6 is 11.8 Å². The number of carbonyl (C=O) groups is 1. The van der Waals surface area contributed by atoms with E-state index in [2.05, 4.69) is 5.10 Å². The lowest BCUT2D eigenvalue weighted by Gasteiger charge is -2.39. The van der Waals surface area contributed by atoms with Crippen LogP contribution in [0.4, 0.5) is 8.78 Å². The molecule has 0 fully saturated rings. The van der Waals surface area contributed by atoms with Gasteiger partial charge in [-0.15, -0.1) is 0 Å². The molecule has 1 amide bonds. The number of fused-ring (bicyclic) bond motifs is 2. The second-order valence-electron chi connectivity index (χ2n) is 6.90. The monoisotopic (exact) mass is 405 g/mol. The molecule has 28 heavy (non-hydrogen) atoms. The molecule has 148 valence electrons. The average molecular weight is 405 g/mol. The normalized spacial score (nSPS) is 28.6. The second kappa shape index (κ2) is 7.67. The molecule has 0 bridgehead atoms. The number of hydrogen-bond donors (Lipinski definition) is 1. The number of carbonyl (C=O) groups excluding carboxylic acids is 1. The maximum absolute atomic E-state index is 14.5. The van der Waals surface area contributed by atoms with Crippen molar-refractivity contribution in [3.63, 3.8) is 0 Å². The Morgan fingerprint density at radius 3 is 3.07 bits per heavy atom. The van der Waals surface area contributed by atoms with E-state index >= 15 is 0 Å². The molecular formula is C20H21F2N3O2S. The Labute approximate surface area is 166 Å². The van der Waals surface area contributed by atoms with Gasteiger partial charge in [-0.25, -0.2) is 13.8 Å². The van der Waals surface area contributed by atoms with Gasteiger partial charge in [-0.2, -0.15) is 5.10 Å². The third-order valence-corrected chi connectivity index (χ3v) is 6.56. The smallest absolute Gasteiger partial charge is 0.244 e. The molecule has 0 saturated carbocycles. The number of halogens is 2. The minimum absolute atomic E-state index is 0.184. The van der Waals surface area contributed by atoms with E-state index in [9.17, 15) is 13.6 Å². The highest BCUT2D eigenvalue weighted by Crippen LogP contribution is 2.55. The maximum atomic E-state index is 14.5. The van der Waals surface area contributed by atoms with Crippen LogP contribution in [-0.4, -0.2) is 35.3 Å². The number of nitrogens with two attached hydrogens (primary N) is 1. The maximum Gasteiger partial charge on any atom is 0.244 e. The standard InChI is InChI=1S/C20H21F2N3O2S/c21-13-7-8-16(22)14(12-13)19-24-25(18(26)6-3-10-23)20(28-19)9-11-27-17-5-2-1-4-15(17)20/h1-2,4-5,7-8,12,14,16H,3,6,9-11,23H2. The Bertz CT molecular complexity index is 873. The predicted molar refractivity (Wildman–Crippen MR) is 105 cm³/mol. The van der Waals surface area contributed by atoms with Crippen molar-refractivity contribution in [2.75, 3.05) is 13.2 Å². The molecule has 2 heterocycles. The zero-order chi connectivity index (χ0) is 19.7. The molecular weight excluding hydrogens is 384 g/mol. The van der Waals surface area contributed by atoms with Crippen LogP contribution in [-0.2, 0) is 9.67 Å². The number of benzene rings is 1. The molecule has 2 N–H and O–H groups in total. The van der Waals surface area contributed by atoms with Crippen molar-refractivity contribution in [2.45, 2.75) is 30.3 Å². The molecule has 0 aromatic heterocycles. The highest BCUT2D eigenvalue weighted by Gasteiger charge is 2.52. The van der Waals surface area contributed by atoms with E-state index < -0.39 is 22.8 Å². The molecule has 3 unspecified atom stereocenters. The molecule has 3 aliphatic rings. The highest BCUT2D eigenvalue weighted by atomic mass is 32.2. The van der Waals surface area contributed by atoms with Crippen LogP contribution in [0.25, 0.3) is 0 Å². The lowest BCUT2D eigenvalue weighted by Crippen LogP contribution is -2.44. The third kappa shape index (κ3) is 3.24. The number of ether oxygens (including phenoxy) is 1. The summed E-state index contributed by atoms with van der Waals surface area (Å²) in [4.78, 5) is 12.2. The van der Waals surface area contributed by atoms with Crippen LogP contribution < -0.4 is 10.5 Å². The zero-order valence-corrected chi connectivity index (χ0v) is 16.0. The van der Waals surface area contributed by atoms with Gasteiger partial charge in [0.15, 0.2) is 0 Å². The zero-order valence-electron chi connectivity index (χ0n) is 15.2. The Morgan fingerprint density at radius 2 is 2.25 bits per heavy atom. The Kier molecular flexibility index (Phi) is 5.25. The molecule has 3 atom stereocenters. The van der Waals surface area contributed by atoms with Crippen LogP contribution in [0.2, 0.25) is 0 Å². The number of allylic oxidation sites excluding steroid dienone is 4. The first-order valence-corrected chi connectivity index (χ1v) is 10.1. The fraction of sp³-hybridized carbons (Fsp3) is 0.400. The van der Waals surface area contributed by atoms with Gasteiger partial charge in [-0.3, -0.25) is 4.79 Å². The van der Waals surface area contributed by atoms with Gasteiger partial charge in [0, 0.05) is 18.4 Å². The first kappa shape index (κ1) is 19.1. The first-order valence-electron chi connectivity index (χ1n) is 9.28. The van der Waals surface area contributed by atoms with Crippen molar-refractivity contribution in [3.8, 4) is 5.75 Å². The number of rotatable bonds is 4. The largest absolute Gasteiger partial charge is 0.493 e. The number of para-hydroxylation sites is 1. The molecule has 8 heteroatoms. The van der Waals surface area contributed by atoms with E-state index in [-0.39, 0.29) is 12.3 Å². The van der Waals surface area contributed by atoms with Gasteiger partial charge in [-0.1, -0.05) is 30.0 Å². The Hall–Kier alpha value is -2.19. The summed E-state index contributed by atoms with van der Waals surface area (Å²) in [5.41, 5.74) is 6.38. The molecule has 1 aliphatic carbocycles. The van der Waals surface area contributed by atoms with Crippen molar-refractivity contribution < 1.29 is 18.3 Å². The molecule has 0 radical (unpaired) electrons. The summed E-state index contributed by atoms with van der Waals surface area (Å²) in [6, 6.07) is 7.48. The topological polar surface area (TPSA) is 67.9 Å². The van der Waals surface area contributed by atoms with Crippen LogP contribution in [0, 0.1) is 5.92 Å². The lowest BCUT2D eigenvalue weighted by atomic mass is 9.98. The minimum Gasteiger partial charge on any atom is -0.493 e. The number of thioether (sulfide) groups is 1. The van der Waals surface area contributed by atoms with Gasteiger partial charge in [0.1, 0.15) is 27.7 Å². The summed E-state index contributed by atoms with van der Waals surface area (Å²) in [6.07, 6.45) is 3.41. The molecule has 2 aliphatic heterocycles. The van der Waals surface area contributed by atoms with Crippen molar-refractivity contribution in [2.24, 2.45) is 16.8 Å². The SMILES string of the molecule is NCCCC(=O)N1N=C(C2C=C(F)C=CC2F)SC12CCOc1ccccc12. The van der Waals surface area contributed by atoms with Gasteiger partial charge in [-0.05, 0) is 37.3 Å². The van der Waals surface area contributed by atoms with E-state index in [1.54, 1.807) is 0 Å². The lowest BCUT2D eigenvalue weighted by molar-refractivity contribution is -0.135. The van der Waals surface area contributed by atoms with E-state index in [1.807, 2.05) is 24.3 Å². The number of nitrogens with zero attached hydrogens (tertiary/aromatic N) is 2. The van der Waals surface area contributed by atoms with Crippen molar-refractivity contribution >= 4 is 22.7 Å². The van der Waals surface area contributed by atoms with Crippen LogP contribution in [0.3, 0.4) is 0 Å². The van der Waals surface area contributed by atoms with Crippen molar-refractivity contribution in [3.05, 3.63) is 53.9 Å². The van der Waals surface area contributed by atoms with Crippen LogP contribution in [0.15, 0.2) is 53.4 Å². The highest BCUT2D eigenvalue weighted by molar-refractivity contribution is 8.15. The average Bonchev–Trinajstić information content (AvgIpc) is 3.08. The fourth-order valence-corrected chi connectivity index (χ4v) is 5.17. The number of alkyl halides is 1. The Balaban J connectivity index is 1.75. The molecule has 4 rings (SSSR count). The predicted octanol–water partition coefficient (Wildman–Crippen LogP) is 3.63.